The number of alkyl halides is 1. The second-order valence-corrected chi connectivity index (χ2v) is 5.80. The monoisotopic (exact) mass is 376 g/mol. The van der Waals surface area contributed by atoms with Crippen molar-refractivity contribution in [3.8, 4) is 5.75 Å². The molecule has 0 aliphatic heterocycles. The molecule has 0 aliphatic rings. The molecule has 0 bridgehead atoms. The maximum absolute atomic E-state index is 13.5. The first-order valence-electron chi connectivity index (χ1n) is 6.04. The van der Waals surface area contributed by atoms with Gasteiger partial charge in [0.25, 0.3) is 0 Å². The van der Waals surface area contributed by atoms with Gasteiger partial charge in [0.15, 0.2) is 0 Å². The molecule has 0 heterocycles. The Hall–Kier alpha value is -0.770. The summed E-state index contributed by atoms with van der Waals surface area (Å²) in [5, 5.41) is -0.470. The number of rotatable bonds is 4. The fraction of sp³-hybridized carbons (Fsp3) is 0.200. The largest absolute Gasteiger partial charge is 0.493 e. The van der Waals surface area contributed by atoms with Crippen molar-refractivity contribution in [2.24, 2.45) is 0 Å². The molecule has 106 valence electrons. The topological polar surface area (TPSA) is 9.23 Å². The van der Waals surface area contributed by atoms with Gasteiger partial charge in [0.1, 0.15) is 11.6 Å². The van der Waals surface area contributed by atoms with Gasteiger partial charge in [0.05, 0.1) is 21.5 Å². The predicted octanol–water partition coefficient (Wildman–Crippen LogP) is 5.97. The van der Waals surface area contributed by atoms with Crippen molar-refractivity contribution < 1.29 is 9.13 Å². The van der Waals surface area contributed by atoms with Crippen molar-refractivity contribution in [1.82, 2.24) is 0 Å². The van der Waals surface area contributed by atoms with Gasteiger partial charge in [-0.05, 0) is 52.2 Å². The van der Waals surface area contributed by atoms with Gasteiger partial charge < -0.3 is 4.74 Å². The van der Waals surface area contributed by atoms with E-state index in [1.165, 1.54) is 6.07 Å². The van der Waals surface area contributed by atoms with Crippen LogP contribution in [0.1, 0.15) is 23.4 Å². The molecule has 0 radical (unpaired) electrons. The highest BCUT2D eigenvalue weighted by Crippen LogP contribution is 2.37. The fourth-order valence-corrected chi connectivity index (χ4v) is 2.96. The van der Waals surface area contributed by atoms with Gasteiger partial charge in [-0.3, -0.25) is 0 Å². The van der Waals surface area contributed by atoms with Crippen LogP contribution < -0.4 is 4.74 Å². The van der Waals surface area contributed by atoms with Crippen LogP contribution in [0, 0.1) is 5.82 Å². The Kier molecular flexibility index (Phi) is 5.30. The number of benzene rings is 2. The second kappa shape index (κ2) is 6.79. The van der Waals surface area contributed by atoms with Gasteiger partial charge in [-0.2, -0.15) is 0 Å². The number of halogens is 4. The van der Waals surface area contributed by atoms with E-state index < -0.39 is 11.2 Å². The standard InChI is InChI=1S/C15H12BrCl2FO/c1-2-20-13-7-6-9(8-11(13)16)14(17)10-4-3-5-12(19)15(10)18/h3-8,14H,2H2,1H3. The zero-order chi connectivity index (χ0) is 14.7. The summed E-state index contributed by atoms with van der Waals surface area (Å²) in [5.74, 6) is 0.269. The molecule has 5 heteroatoms. The van der Waals surface area contributed by atoms with Crippen LogP contribution in [0.2, 0.25) is 5.02 Å². The van der Waals surface area contributed by atoms with Crippen LogP contribution in [0.4, 0.5) is 4.39 Å². The van der Waals surface area contributed by atoms with E-state index in [-0.39, 0.29) is 5.02 Å². The number of hydrogen-bond acceptors (Lipinski definition) is 1. The highest BCUT2D eigenvalue weighted by Gasteiger charge is 2.17. The SMILES string of the molecule is CCOc1ccc(C(Cl)c2cccc(F)c2Cl)cc1Br. The van der Waals surface area contributed by atoms with E-state index in [9.17, 15) is 4.39 Å². The molecule has 0 fully saturated rings. The van der Waals surface area contributed by atoms with E-state index in [1.807, 2.05) is 25.1 Å². The lowest BCUT2D eigenvalue weighted by molar-refractivity contribution is 0.338. The van der Waals surface area contributed by atoms with Gasteiger partial charge in [0.2, 0.25) is 0 Å². The van der Waals surface area contributed by atoms with Gasteiger partial charge in [-0.25, -0.2) is 4.39 Å². The highest BCUT2D eigenvalue weighted by atomic mass is 79.9. The quantitative estimate of drug-likeness (QED) is 0.596. The minimum Gasteiger partial charge on any atom is -0.493 e. The summed E-state index contributed by atoms with van der Waals surface area (Å²) in [5.41, 5.74) is 1.36. The molecule has 0 saturated heterocycles. The minimum absolute atomic E-state index is 0.0532. The Bertz CT molecular complexity index is 619. The molecule has 0 saturated carbocycles. The fourth-order valence-electron chi connectivity index (χ4n) is 1.84. The zero-order valence-corrected chi connectivity index (χ0v) is 13.8. The summed E-state index contributed by atoms with van der Waals surface area (Å²) in [6.45, 7) is 2.50. The smallest absolute Gasteiger partial charge is 0.142 e. The molecule has 0 N–H and O–H groups in total. The van der Waals surface area contributed by atoms with Crippen LogP contribution in [-0.4, -0.2) is 6.61 Å². The van der Waals surface area contributed by atoms with Gasteiger partial charge in [0, 0.05) is 0 Å². The first kappa shape index (κ1) is 15.6. The average molecular weight is 378 g/mol. The maximum atomic E-state index is 13.5. The van der Waals surface area contributed by atoms with Crippen LogP contribution in [0.25, 0.3) is 0 Å². The van der Waals surface area contributed by atoms with Gasteiger partial charge in [-0.1, -0.05) is 29.8 Å². The van der Waals surface area contributed by atoms with Crippen molar-refractivity contribution in [3.63, 3.8) is 0 Å². The molecule has 2 rings (SSSR count). The van der Waals surface area contributed by atoms with Crippen molar-refractivity contribution in [2.75, 3.05) is 6.61 Å². The summed E-state index contributed by atoms with van der Waals surface area (Å²) in [4.78, 5) is 0. The molecule has 1 nitrogen and oxygen atoms in total. The van der Waals surface area contributed by atoms with E-state index in [0.29, 0.717) is 12.2 Å². The molecule has 1 atom stereocenters. The Morgan fingerprint density at radius 2 is 2.05 bits per heavy atom. The molecule has 2 aromatic rings. The molecule has 2 aromatic carbocycles. The third-order valence-electron chi connectivity index (χ3n) is 2.80. The molecule has 0 aromatic heterocycles. The van der Waals surface area contributed by atoms with E-state index in [1.54, 1.807) is 12.1 Å². The summed E-state index contributed by atoms with van der Waals surface area (Å²) in [7, 11) is 0. The van der Waals surface area contributed by atoms with Crippen LogP contribution >= 0.6 is 39.1 Å². The van der Waals surface area contributed by atoms with E-state index in [4.69, 9.17) is 27.9 Å². The van der Waals surface area contributed by atoms with E-state index in [2.05, 4.69) is 15.9 Å². The molecule has 0 spiro atoms. The van der Waals surface area contributed by atoms with Crippen molar-refractivity contribution in [1.29, 1.82) is 0 Å². The van der Waals surface area contributed by atoms with E-state index in [0.717, 1.165) is 15.8 Å². The maximum Gasteiger partial charge on any atom is 0.142 e. The third-order valence-corrected chi connectivity index (χ3v) is 4.31. The molecular formula is C15H12BrCl2FO. The van der Waals surface area contributed by atoms with E-state index >= 15 is 0 Å². The Morgan fingerprint density at radius 1 is 1.30 bits per heavy atom. The second-order valence-electron chi connectivity index (χ2n) is 4.13. The lowest BCUT2D eigenvalue weighted by Crippen LogP contribution is -1.98. The number of hydrogen-bond donors (Lipinski definition) is 0. The van der Waals surface area contributed by atoms with Crippen LogP contribution in [0.3, 0.4) is 0 Å². The lowest BCUT2D eigenvalue weighted by atomic mass is 10.0. The van der Waals surface area contributed by atoms with Crippen molar-refractivity contribution in [2.45, 2.75) is 12.3 Å². The molecule has 0 amide bonds. The zero-order valence-electron chi connectivity index (χ0n) is 10.7. The first-order chi connectivity index (χ1) is 9.54. The highest BCUT2D eigenvalue weighted by molar-refractivity contribution is 9.10. The summed E-state index contributed by atoms with van der Waals surface area (Å²) >= 11 is 15.8. The third kappa shape index (κ3) is 3.27. The minimum atomic E-state index is -0.523. The van der Waals surface area contributed by atoms with Gasteiger partial charge >= 0.3 is 0 Å². The van der Waals surface area contributed by atoms with Crippen molar-refractivity contribution >= 4 is 39.1 Å². The molecular weight excluding hydrogens is 366 g/mol. The van der Waals surface area contributed by atoms with Crippen LogP contribution in [0.15, 0.2) is 40.9 Å². The van der Waals surface area contributed by atoms with Gasteiger partial charge in [-0.15, -0.1) is 11.6 Å². The molecule has 1 unspecified atom stereocenters. The van der Waals surface area contributed by atoms with Crippen LogP contribution in [-0.2, 0) is 0 Å². The summed E-state index contributed by atoms with van der Waals surface area (Å²) in [6, 6.07) is 10.1. The normalized spacial score (nSPS) is 12.2. The molecule has 20 heavy (non-hydrogen) atoms. The molecule has 0 aliphatic carbocycles. The Balaban J connectivity index is 2.36. The number of ether oxygens (including phenoxy) is 1. The van der Waals surface area contributed by atoms with Crippen molar-refractivity contribution in [3.05, 3.63) is 62.8 Å². The summed E-state index contributed by atoms with van der Waals surface area (Å²) in [6.07, 6.45) is 0. The van der Waals surface area contributed by atoms with Crippen LogP contribution in [0.5, 0.6) is 5.75 Å². The lowest BCUT2D eigenvalue weighted by Gasteiger charge is -2.14. The average Bonchev–Trinajstić information content (AvgIpc) is 2.43. The summed E-state index contributed by atoms with van der Waals surface area (Å²) < 4.78 is 19.7. The first-order valence-corrected chi connectivity index (χ1v) is 7.65. The predicted molar refractivity (Wildman–Crippen MR) is 84.4 cm³/mol. The Labute approximate surface area is 135 Å². The Morgan fingerprint density at radius 3 is 2.70 bits per heavy atom.